The van der Waals surface area contributed by atoms with Gasteiger partial charge in [-0.3, -0.25) is 0 Å². The molecule has 0 amide bonds. The highest BCUT2D eigenvalue weighted by molar-refractivity contribution is 6.00. The zero-order valence-electron chi connectivity index (χ0n) is 21.6. The van der Waals surface area contributed by atoms with Gasteiger partial charge in [-0.25, -0.2) is 4.98 Å². The molecule has 6 aromatic carbocycles. The van der Waals surface area contributed by atoms with Gasteiger partial charge in [-0.05, 0) is 87.0 Å². The first-order valence-electron chi connectivity index (χ1n) is 13.1. The van der Waals surface area contributed by atoms with Crippen LogP contribution in [0.25, 0.3) is 66.0 Å². The Bertz CT molecular complexity index is 1980. The molecule has 0 saturated carbocycles. The summed E-state index contributed by atoms with van der Waals surface area (Å²) in [6.07, 6.45) is 0. The van der Waals surface area contributed by atoms with E-state index in [0.29, 0.717) is 0 Å². The Morgan fingerprint density at radius 2 is 0.947 bits per heavy atom. The molecule has 0 saturated heterocycles. The van der Waals surface area contributed by atoms with Crippen molar-refractivity contribution in [3.05, 3.63) is 139 Å². The fourth-order valence-electron chi connectivity index (χ4n) is 5.71. The number of hydrogen-bond donors (Lipinski definition) is 0. The van der Waals surface area contributed by atoms with Crippen molar-refractivity contribution in [1.29, 1.82) is 0 Å². The average Bonchev–Trinajstić information content (AvgIpc) is 2.97. The summed E-state index contributed by atoms with van der Waals surface area (Å²) in [7, 11) is 0. The molecule has 0 spiro atoms. The van der Waals surface area contributed by atoms with Gasteiger partial charge in [0.15, 0.2) is 0 Å². The molecule has 0 radical (unpaired) electrons. The van der Waals surface area contributed by atoms with Gasteiger partial charge in [0.25, 0.3) is 0 Å². The molecular weight excluding hydrogens is 458 g/mol. The van der Waals surface area contributed by atoms with Gasteiger partial charge in [-0.1, -0.05) is 109 Å². The highest BCUT2D eigenvalue weighted by atomic mass is 14.7. The van der Waals surface area contributed by atoms with E-state index in [4.69, 9.17) is 4.98 Å². The van der Waals surface area contributed by atoms with E-state index in [9.17, 15) is 0 Å². The van der Waals surface area contributed by atoms with Crippen molar-refractivity contribution in [3.63, 3.8) is 0 Å². The Morgan fingerprint density at radius 1 is 0.421 bits per heavy atom. The molecular formula is C37H27N. The SMILES string of the molecule is Cc1cccc2c(-c3ccc(-c4ccc5cc(-c6cccc7c(C)cccc67)ccc5n4)cc3)cccc12. The molecule has 0 bridgehead atoms. The van der Waals surface area contributed by atoms with Gasteiger partial charge in [0.1, 0.15) is 0 Å². The zero-order valence-corrected chi connectivity index (χ0v) is 21.6. The van der Waals surface area contributed by atoms with Crippen LogP contribution >= 0.6 is 0 Å². The Labute approximate surface area is 223 Å². The van der Waals surface area contributed by atoms with Gasteiger partial charge in [0.05, 0.1) is 11.2 Å². The van der Waals surface area contributed by atoms with E-state index in [1.807, 2.05) is 0 Å². The van der Waals surface area contributed by atoms with E-state index in [-0.39, 0.29) is 0 Å². The van der Waals surface area contributed by atoms with Crippen molar-refractivity contribution >= 4 is 32.4 Å². The second kappa shape index (κ2) is 8.97. The molecule has 1 heteroatoms. The Morgan fingerprint density at radius 3 is 1.61 bits per heavy atom. The van der Waals surface area contributed by atoms with Crippen molar-refractivity contribution in [2.75, 3.05) is 0 Å². The second-order valence-electron chi connectivity index (χ2n) is 10.1. The van der Waals surface area contributed by atoms with Crippen LogP contribution in [0, 0.1) is 13.8 Å². The summed E-state index contributed by atoms with van der Waals surface area (Å²) < 4.78 is 0. The van der Waals surface area contributed by atoms with E-state index in [1.165, 1.54) is 54.9 Å². The number of aromatic nitrogens is 1. The molecule has 0 unspecified atom stereocenters. The van der Waals surface area contributed by atoms with Gasteiger partial charge in [0.2, 0.25) is 0 Å². The first-order valence-corrected chi connectivity index (χ1v) is 13.1. The van der Waals surface area contributed by atoms with E-state index < -0.39 is 0 Å². The lowest BCUT2D eigenvalue weighted by atomic mass is 9.94. The molecule has 0 fully saturated rings. The van der Waals surface area contributed by atoms with Crippen molar-refractivity contribution in [1.82, 2.24) is 4.98 Å². The van der Waals surface area contributed by atoms with Crippen LogP contribution in [0.1, 0.15) is 11.1 Å². The lowest BCUT2D eigenvalue weighted by Crippen LogP contribution is -1.88. The number of nitrogens with zero attached hydrogens (tertiary/aromatic N) is 1. The molecule has 0 aliphatic carbocycles. The van der Waals surface area contributed by atoms with Crippen LogP contribution in [-0.4, -0.2) is 4.98 Å². The van der Waals surface area contributed by atoms with E-state index in [0.717, 1.165) is 22.2 Å². The first-order chi connectivity index (χ1) is 18.7. The predicted octanol–water partition coefficient (Wildman–Crippen LogP) is 10.2. The van der Waals surface area contributed by atoms with Crippen LogP contribution < -0.4 is 0 Å². The first kappa shape index (κ1) is 22.4. The van der Waals surface area contributed by atoms with E-state index in [2.05, 4.69) is 141 Å². The number of aryl methyl sites for hydroxylation is 2. The summed E-state index contributed by atoms with van der Waals surface area (Å²) in [5.74, 6) is 0. The predicted molar refractivity (Wildman–Crippen MR) is 163 cm³/mol. The maximum atomic E-state index is 5.02. The topological polar surface area (TPSA) is 12.9 Å². The van der Waals surface area contributed by atoms with E-state index >= 15 is 0 Å². The number of fused-ring (bicyclic) bond motifs is 3. The summed E-state index contributed by atoms with van der Waals surface area (Å²) >= 11 is 0. The van der Waals surface area contributed by atoms with Gasteiger partial charge in [0, 0.05) is 10.9 Å². The minimum atomic E-state index is 0.992. The molecule has 0 aliphatic heterocycles. The van der Waals surface area contributed by atoms with Crippen LogP contribution in [0.3, 0.4) is 0 Å². The largest absolute Gasteiger partial charge is 0.248 e. The van der Waals surface area contributed by atoms with Gasteiger partial charge in [-0.15, -0.1) is 0 Å². The van der Waals surface area contributed by atoms with Crippen LogP contribution in [-0.2, 0) is 0 Å². The smallest absolute Gasteiger partial charge is 0.0709 e. The van der Waals surface area contributed by atoms with Crippen LogP contribution in [0.4, 0.5) is 0 Å². The quantitative estimate of drug-likeness (QED) is 0.243. The standard InChI is InChI=1S/C37H27N/c1-24-7-3-13-34-30(24)9-5-11-32(34)26-15-17-27(18-16-26)36-22-20-29-23-28(19-21-37(29)38-36)33-12-6-10-31-25(2)8-4-14-35(31)33/h3-23H,1-2H3. The molecule has 180 valence electrons. The molecule has 0 N–H and O–H groups in total. The minimum Gasteiger partial charge on any atom is -0.248 e. The molecule has 1 nitrogen and oxygen atoms in total. The maximum Gasteiger partial charge on any atom is 0.0709 e. The second-order valence-corrected chi connectivity index (χ2v) is 10.1. The summed E-state index contributed by atoms with van der Waals surface area (Å²) in [6.45, 7) is 4.35. The van der Waals surface area contributed by atoms with Crippen molar-refractivity contribution < 1.29 is 0 Å². The lowest BCUT2D eigenvalue weighted by molar-refractivity contribution is 1.40. The van der Waals surface area contributed by atoms with Crippen LogP contribution in [0.2, 0.25) is 0 Å². The Balaban J connectivity index is 1.24. The van der Waals surface area contributed by atoms with Crippen LogP contribution in [0.5, 0.6) is 0 Å². The molecule has 7 aromatic rings. The van der Waals surface area contributed by atoms with Crippen molar-refractivity contribution in [2.24, 2.45) is 0 Å². The zero-order chi connectivity index (χ0) is 25.6. The van der Waals surface area contributed by atoms with Gasteiger partial charge in [-0.2, -0.15) is 0 Å². The molecule has 1 aromatic heterocycles. The summed E-state index contributed by atoms with van der Waals surface area (Å²) in [5, 5.41) is 6.35. The third-order valence-corrected chi connectivity index (χ3v) is 7.77. The molecule has 0 atom stereocenters. The van der Waals surface area contributed by atoms with E-state index in [1.54, 1.807) is 0 Å². The van der Waals surface area contributed by atoms with Crippen molar-refractivity contribution in [2.45, 2.75) is 13.8 Å². The fraction of sp³-hybridized carbons (Fsp3) is 0.0541. The third kappa shape index (κ3) is 3.76. The molecule has 7 rings (SSSR count). The number of benzene rings is 6. The molecule has 1 heterocycles. The average molecular weight is 486 g/mol. The highest BCUT2D eigenvalue weighted by Crippen LogP contribution is 2.34. The maximum absolute atomic E-state index is 5.02. The third-order valence-electron chi connectivity index (χ3n) is 7.77. The minimum absolute atomic E-state index is 0.992. The Kier molecular flexibility index (Phi) is 5.30. The highest BCUT2D eigenvalue weighted by Gasteiger charge is 2.09. The number of hydrogen-bond acceptors (Lipinski definition) is 1. The summed E-state index contributed by atoms with van der Waals surface area (Å²) in [4.78, 5) is 5.02. The van der Waals surface area contributed by atoms with Crippen molar-refractivity contribution in [3.8, 4) is 33.5 Å². The molecule has 0 aliphatic rings. The number of rotatable bonds is 3. The lowest BCUT2D eigenvalue weighted by Gasteiger charge is -2.11. The Hall–Kier alpha value is -4.75. The number of pyridine rings is 1. The monoisotopic (exact) mass is 485 g/mol. The molecule has 38 heavy (non-hydrogen) atoms. The summed E-state index contributed by atoms with van der Waals surface area (Å²) in [5.41, 5.74) is 10.7. The fourth-order valence-corrected chi connectivity index (χ4v) is 5.71. The van der Waals surface area contributed by atoms with Crippen LogP contribution in [0.15, 0.2) is 127 Å². The summed E-state index contributed by atoms with van der Waals surface area (Å²) in [6, 6.07) is 45.9. The normalized spacial score (nSPS) is 11.4. The van der Waals surface area contributed by atoms with Gasteiger partial charge >= 0.3 is 0 Å². The van der Waals surface area contributed by atoms with Gasteiger partial charge < -0.3 is 0 Å².